The fourth-order valence-corrected chi connectivity index (χ4v) is 9.27. The Morgan fingerprint density at radius 1 is 0.451 bits per heavy atom. The van der Waals surface area contributed by atoms with Crippen LogP contribution < -0.4 is 0 Å². The average molecular weight is 1020 g/mol. The summed E-state index contributed by atoms with van der Waals surface area (Å²) in [6.07, 6.45) is 71.5. The lowest BCUT2D eigenvalue weighted by Gasteiger charge is -2.24. The number of carbonyl (C=O) groups excluding carboxylic acids is 1. The zero-order valence-electron chi connectivity index (χ0n) is 47.5. The Morgan fingerprint density at radius 3 is 1.23 bits per heavy atom. The van der Waals surface area contributed by atoms with Crippen molar-refractivity contribution in [3.8, 4) is 0 Å². The SMILES string of the molecule is CC/C=C\C/C=C\C/C=C\C/C=C\C/C=C\CCCCCCCCCC(=O)OC(COCCCCCCCCCCCCCCCCCCCCCCCCCCCC)COP(=O)(O)OCC[N+](C)(C)C. The zero-order chi connectivity index (χ0) is 51.9. The van der Waals surface area contributed by atoms with Crippen molar-refractivity contribution >= 4 is 13.8 Å². The fourth-order valence-electron chi connectivity index (χ4n) is 8.52. The van der Waals surface area contributed by atoms with Gasteiger partial charge in [0.05, 0.1) is 34.4 Å². The van der Waals surface area contributed by atoms with Crippen molar-refractivity contribution in [1.29, 1.82) is 0 Å². The molecule has 8 nitrogen and oxygen atoms in total. The first kappa shape index (κ1) is 69.2. The van der Waals surface area contributed by atoms with E-state index in [2.05, 4.69) is 74.6 Å². The molecule has 0 heterocycles. The molecular formula is C62H117NO7P+. The van der Waals surface area contributed by atoms with Gasteiger partial charge in [0.25, 0.3) is 0 Å². The Balaban J connectivity index is 4.05. The van der Waals surface area contributed by atoms with Crippen molar-refractivity contribution < 1.29 is 37.3 Å². The van der Waals surface area contributed by atoms with Gasteiger partial charge < -0.3 is 18.9 Å². The van der Waals surface area contributed by atoms with E-state index in [0.29, 0.717) is 24.1 Å². The Morgan fingerprint density at radius 2 is 0.817 bits per heavy atom. The molecule has 71 heavy (non-hydrogen) atoms. The standard InChI is InChI=1S/C62H116NO7P/c1-6-8-10-12-14-16-18-20-22-24-26-28-30-31-32-34-36-38-40-42-44-46-48-50-52-54-57-67-59-61(60-69-71(65,66)68-58-56-63(3,4)5)70-62(64)55-53-51-49-47-45-43-41-39-37-35-33-29-27-25-23-21-19-17-15-13-11-9-7-2/h9,11,15,17,21,23,27,29,35,37,61H,6-8,10,12-14,16,18-20,22,24-26,28,30-34,36,38-60H2,1-5H3/p+1/b11-9-,17-15-,23-21-,29-27-,37-35-. The maximum Gasteiger partial charge on any atom is 0.472 e. The fraction of sp³-hybridized carbons (Fsp3) is 0.823. The molecule has 0 fully saturated rings. The second kappa shape index (κ2) is 54.5. The minimum atomic E-state index is -4.29. The van der Waals surface area contributed by atoms with Crippen LogP contribution in [0.2, 0.25) is 0 Å². The minimum Gasteiger partial charge on any atom is -0.457 e. The van der Waals surface area contributed by atoms with Crippen molar-refractivity contribution in [2.75, 3.05) is 54.1 Å². The van der Waals surface area contributed by atoms with Gasteiger partial charge in [0.1, 0.15) is 19.3 Å². The summed E-state index contributed by atoms with van der Waals surface area (Å²) in [6, 6.07) is 0. The number of rotatable bonds is 56. The number of hydrogen-bond donors (Lipinski definition) is 1. The molecule has 0 bridgehead atoms. The van der Waals surface area contributed by atoms with Gasteiger partial charge in [-0.05, 0) is 57.8 Å². The molecule has 0 spiro atoms. The quantitative estimate of drug-likeness (QED) is 0.0213. The smallest absolute Gasteiger partial charge is 0.457 e. The summed E-state index contributed by atoms with van der Waals surface area (Å²) in [5.41, 5.74) is 0. The number of ether oxygens (including phenoxy) is 2. The summed E-state index contributed by atoms with van der Waals surface area (Å²) >= 11 is 0. The van der Waals surface area contributed by atoms with Crippen LogP contribution in [0.1, 0.15) is 271 Å². The first-order chi connectivity index (χ1) is 34.6. The summed E-state index contributed by atoms with van der Waals surface area (Å²) in [6.45, 7) is 5.54. The predicted octanol–water partition coefficient (Wildman–Crippen LogP) is 19.2. The van der Waals surface area contributed by atoms with Crippen LogP contribution in [0.15, 0.2) is 60.8 Å². The summed E-state index contributed by atoms with van der Waals surface area (Å²) < 4.78 is 35.3. The van der Waals surface area contributed by atoms with Crippen LogP contribution in [-0.2, 0) is 27.9 Å². The van der Waals surface area contributed by atoms with Crippen LogP contribution >= 0.6 is 7.82 Å². The van der Waals surface area contributed by atoms with E-state index in [1.54, 1.807) is 0 Å². The van der Waals surface area contributed by atoms with Crippen LogP contribution in [0.3, 0.4) is 0 Å². The van der Waals surface area contributed by atoms with Crippen molar-refractivity contribution in [3.63, 3.8) is 0 Å². The van der Waals surface area contributed by atoms with E-state index in [0.717, 1.165) is 70.6 Å². The Labute approximate surface area is 440 Å². The molecule has 9 heteroatoms. The molecule has 0 aliphatic heterocycles. The number of nitrogens with zero attached hydrogens (tertiary/aromatic N) is 1. The van der Waals surface area contributed by atoms with Crippen molar-refractivity contribution in [3.05, 3.63) is 60.8 Å². The highest BCUT2D eigenvalue weighted by Crippen LogP contribution is 2.43. The number of phosphoric ester groups is 1. The maximum atomic E-state index is 12.8. The van der Waals surface area contributed by atoms with Gasteiger partial charge in [-0.25, -0.2) is 4.57 Å². The number of esters is 1. The molecule has 0 amide bonds. The maximum absolute atomic E-state index is 12.8. The van der Waals surface area contributed by atoms with E-state index in [9.17, 15) is 14.3 Å². The number of unbranched alkanes of at least 4 members (excludes halogenated alkanes) is 32. The van der Waals surface area contributed by atoms with Gasteiger partial charge in [-0.15, -0.1) is 0 Å². The lowest BCUT2D eigenvalue weighted by atomic mass is 10.0. The van der Waals surface area contributed by atoms with Gasteiger partial charge >= 0.3 is 13.8 Å². The predicted molar refractivity (Wildman–Crippen MR) is 307 cm³/mol. The summed E-state index contributed by atoms with van der Waals surface area (Å²) in [5.74, 6) is -0.321. The molecule has 416 valence electrons. The van der Waals surface area contributed by atoms with E-state index < -0.39 is 13.9 Å². The van der Waals surface area contributed by atoms with Gasteiger partial charge in [0.15, 0.2) is 0 Å². The lowest BCUT2D eigenvalue weighted by molar-refractivity contribution is -0.870. The van der Waals surface area contributed by atoms with Crippen LogP contribution in [0.25, 0.3) is 0 Å². The van der Waals surface area contributed by atoms with Crippen LogP contribution in [0.4, 0.5) is 0 Å². The highest BCUT2D eigenvalue weighted by molar-refractivity contribution is 7.47. The number of phosphoric acid groups is 1. The first-order valence-electron chi connectivity index (χ1n) is 30.0. The molecular weight excluding hydrogens is 902 g/mol. The second-order valence-corrected chi connectivity index (χ2v) is 22.8. The van der Waals surface area contributed by atoms with Gasteiger partial charge in [-0.1, -0.05) is 267 Å². The highest BCUT2D eigenvalue weighted by Gasteiger charge is 2.26. The molecule has 1 N–H and O–H groups in total. The van der Waals surface area contributed by atoms with Crippen molar-refractivity contribution in [2.45, 2.75) is 277 Å². The number of quaternary nitrogens is 1. The second-order valence-electron chi connectivity index (χ2n) is 21.4. The number of allylic oxidation sites excluding steroid dienone is 10. The zero-order valence-corrected chi connectivity index (χ0v) is 48.4. The third-order valence-electron chi connectivity index (χ3n) is 13.1. The van der Waals surface area contributed by atoms with Crippen LogP contribution in [0.5, 0.6) is 0 Å². The van der Waals surface area contributed by atoms with Gasteiger partial charge in [0.2, 0.25) is 0 Å². The summed E-state index contributed by atoms with van der Waals surface area (Å²) in [7, 11) is 1.66. The molecule has 0 aromatic rings. The topological polar surface area (TPSA) is 91.3 Å². The Hall–Kier alpha value is -1.80. The van der Waals surface area contributed by atoms with Crippen molar-refractivity contribution in [1.82, 2.24) is 0 Å². The first-order valence-corrected chi connectivity index (χ1v) is 31.5. The van der Waals surface area contributed by atoms with Gasteiger partial charge in [-0.3, -0.25) is 13.8 Å². The van der Waals surface area contributed by atoms with E-state index in [1.165, 1.54) is 180 Å². The number of carbonyl (C=O) groups is 1. The number of hydrogen-bond acceptors (Lipinski definition) is 6. The molecule has 0 saturated heterocycles. The van der Waals surface area contributed by atoms with Crippen LogP contribution in [0, 0.1) is 0 Å². The molecule has 0 saturated carbocycles. The summed E-state index contributed by atoms with van der Waals surface area (Å²) in [5, 5.41) is 0. The average Bonchev–Trinajstić information content (AvgIpc) is 3.33. The third-order valence-corrected chi connectivity index (χ3v) is 14.1. The molecule has 2 unspecified atom stereocenters. The monoisotopic (exact) mass is 1020 g/mol. The normalized spacial score (nSPS) is 13.8. The molecule has 2 atom stereocenters. The van der Waals surface area contributed by atoms with Crippen LogP contribution in [-0.4, -0.2) is 75.6 Å². The molecule has 0 aromatic carbocycles. The van der Waals surface area contributed by atoms with E-state index >= 15 is 0 Å². The Kier molecular flexibility index (Phi) is 53.1. The minimum absolute atomic E-state index is 0.0855. The molecule has 0 aliphatic carbocycles. The molecule has 0 rings (SSSR count). The third kappa shape index (κ3) is 59.0. The van der Waals surface area contributed by atoms with Crippen molar-refractivity contribution in [2.24, 2.45) is 0 Å². The molecule has 0 aromatic heterocycles. The number of likely N-dealkylation sites (N-methyl/N-ethyl adjacent to an activating group) is 1. The van der Waals surface area contributed by atoms with E-state index in [-0.39, 0.29) is 25.8 Å². The molecule has 0 aliphatic rings. The highest BCUT2D eigenvalue weighted by atomic mass is 31.2. The van der Waals surface area contributed by atoms with E-state index in [4.69, 9.17) is 18.5 Å². The van der Waals surface area contributed by atoms with E-state index in [1.807, 2.05) is 21.1 Å². The molecule has 0 radical (unpaired) electrons. The largest absolute Gasteiger partial charge is 0.472 e. The van der Waals surface area contributed by atoms with Gasteiger partial charge in [-0.2, -0.15) is 0 Å². The summed E-state index contributed by atoms with van der Waals surface area (Å²) in [4.78, 5) is 23.1. The van der Waals surface area contributed by atoms with Gasteiger partial charge in [0, 0.05) is 13.0 Å². The Bertz CT molecular complexity index is 1320. The lowest BCUT2D eigenvalue weighted by Crippen LogP contribution is -2.37.